The van der Waals surface area contributed by atoms with Gasteiger partial charge in [-0.15, -0.1) is 0 Å². The molecular weight excluding hydrogens is 216 g/mol. The minimum Gasteiger partial charge on any atom is -0.368 e. The summed E-state index contributed by atoms with van der Waals surface area (Å²) in [6.45, 7) is 7.14. The molecule has 0 saturated heterocycles. The zero-order chi connectivity index (χ0) is 12.7. The monoisotopic (exact) mass is 236 g/mol. The summed E-state index contributed by atoms with van der Waals surface area (Å²) >= 11 is 0. The van der Waals surface area contributed by atoms with E-state index in [2.05, 4.69) is 20.6 Å². The predicted octanol–water partition coefficient (Wildman–Crippen LogP) is 1.42. The quantitative estimate of drug-likeness (QED) is 0.784. The van der Waals surface area contributed by atoms with Gasteiger partial charge in [-0.2, -0.15) is 0 Å². The first-order valence-corrected chi connectivity index (χ1v) is 5.94. The molecule has 1 heterocycles. The van der Waals surface area contributed by atoms with Gasteiger partial charge in [0.05, 0.1) is 11.4 Å². The van der Waals surface area contributed by atoms with Crippen LogP contribution in [0.2, 0.25) is 0 Å². The molecule has 0 aliphatic carbocycles. The van der Waals surface area contributed by atoms with Gasteiger partial charge in [0.15, 0.2) is 0 Å². The fourth-order valence-corrected chi connectivity index (χ4v) is 1.35. The predicted molar refractivity (Wildman–Crippen MR) is 67.9 cm³/mol. The Kier molecular flexibility index (Phi) is 5.39. The van der Waals surface area contributed by atoms with E-state index in [1.54, 1.807) is 6.20 Å². The van der Waals surface area contributed by atoms with E-state index in [4.69, 9.17) is 0 Å². The molecule has 0 aliphatic rings. The van der Waals surface area contributed by atoms with Crippen LogP contribution in [0.25, 0.3) is 0 Å². The lowest BCUT2D eigenvalue weighted by atomic mass is 10.3. The molecule has 0 fully saturated rings. The Labute approximate surface area is 102 Å². The molecule has 2 N–H and O–H groups in total. The van der Waals surface area contributed by atoms with Crippen LogP contribution in [0.1, 0.15) is 31.2 Å². The number of aryl methyl sites for hydroxylation is 2. The maximum absolute atomic E-state index is 11.4. The van der Waals surface area contributed by atoms with Crippen LogP contribution in [0.3, 0.4) is 0 Å². The van der Waals surface area contributed by atoms with Gasteiger partial charge in [0, 0.05) is 25.7 Å². The number of hydrogen-bond donors (Lipinski definition) is 2. The van der Waals surface area contributed by atoms with Crippen LogP contribution in [0, 0.1) is 13.8 Å². The van der Waals surface area contributed by atoms with Gasteiger partial charge < -0.3 is 10.6 Å². The minimum absolute atomic E-state index is 0.0672. The molecule has 1 amide bonds. The molecule has 0 saturated carbocycles. The topological polar surface area (TPSA) is 66.9 Å². The van der Waals surface area contributed by atoms with Gasteiger partial charge in [0.2, 0.25) is 5.91 Å². The van der Waals surface area contributed by atoms with Crippen LogP contribution in [-0.2, 0) is 4.79 Å². The van der Waals surface area contributed by atoms with E-state index in [1.807, 2.05) is 20.8 Å². The highest BCUT2D eigenvalue weighted by Gasteiger charge is 2.03. The van der Waals surface area contributed by atoms with Crippen LogP contribution >= 0.6 is 0 Å². The van der Waals surface area contributed by atoms with E-state index in [1.165, 1.54) is 0 Å². The summed E-state index contributed by atoms with van der Waals surface area (Å²) < 4.78 is 0. The van der Waals surface area contributed by atoms with Crippen LogP contribution in [-0.4, -0.2) is 29.0 Å². The van der Waals surface area contributed by atoms with E-state index in [-0.39, 0.29) is 5.91 Å². The first kappa shape index (κ1) is 13.4. The molecule has 94 valence electrons. The van der Waals surface area contributed by atoms with Crippen LogP contribution in [0.5, 0.6) is 0 Å². The normalized spacial score (nSPS) is 10.1. The van der Waals surface area contributed by atoms with E-state index in [0.29, 0.717) is 13.0 Å². The lowest BCUT2D eigenvalue weighted by molar-refractivity contribution is -0.120. The van der Waals surface area contributed by atoms with E-state index in [0.717, 1.165) is 30.2 Å². The number of carbonyl (C=O) groups excluding carboxylic acids is 1. The second kappa shape index (κ2) is 6.83. The fourth-order valence-electron chi connectivity index (χ4n) is 1.35. The summed E-state index contributed by atoms with van der Waals surface area (Å²) in [5.74, 6) is 0.825. The zero-order valence-corrected chi connectivity index (χ0v) is 10.7. The molecule has 5 heteroatoms. The Balaban J connectivity index is 2.35. The molecule has 0 bridgehead atoms. The Morgan fingerprint density at radius 2 is 2.12 bits per heavy atom. The highest BCUT2D eigenvalue weighted by Crippen LogP contribution is 2.08. The fraction of sp³-hybridized carbons (Fsp3) is 0.583. The number of hydrogen-bond acceptors (Lipinski definition) is 4. The first-order chi connectivity index (χ1) is 8.13. The lowest BCUT2D eigenvalue weighted by Crippen LogP contribution is -2.26. The van der Waals surface area contributed by atoms with Gasteiger partial charge in [-0.05, 0) is 20.3 Å². The first-order valence-electron chi connectivity index (χ1n) is 5.94. The van der Waals surface area contributed by atoms with Crippen molar-refractivity contribution in [1.82, 2.24) is 15.3 Å². The molecule has 5 nitrogen and oxygen atoms in total. The molecule has 1 aromatic heterocycles. The van der Waals surface area contributed by atoms with Crippen molar-refractivity contribution in [3.63, 3.8) is 0 Å². The van der Waals surface area contributed by atoms with Crippen molar-refractivity contribution < 1.29 is 4.79 Å². The van der Waals surface area contributed by atoms with Crippen molar-refractivity contribution in [2.75, 3.05) is 18.4 Å². The standard InChI is InChI=1S/C12H20N4O/c1-4-6-13-11(17)5-7-14-12-10(3)15-8-9(2)16-12/h8H,4-7H2,1-3H3,(H,13,17)(H,14,16). The van der Waals surface area contributed by atoms with Gasteiger partial charge in [-0.1, -0.05) is 6.92 Å². The summed E-state index contributed by atoms with van der Waals surface area (Å²) in [5, 5.41) is 5.96. The molecular formula is C12H20N4O. The summed E-state index contributed by atoms with van der Waals surface area (Å²) in [6.07, 6.45) is 3.14. The lowest BCUT2D eigenvalue weighted by Gasteiger charge is -2.08. The summed E-state index contributed by atoms with van der Waals surface area (Å²) in [5.41, 5.74) is 1.72. The zero-order valence-electron chi connectivity index (χ0n) is 10.7. The number of aromatic nitrogens is 2. The van der Waals surface area contributed by atoms with Crippen molar-refractivity contribution in [2.45, 2.75) is 33.6 Å². The molecule has 0 aromatic carbocycles. The van der Waals surface area contributed by atoms with Gasteiger partial charge >= 0.3 is 0 Å². The van der Waals surface area contributed by atoms with Gasteiger partial charge in [0.1, 0.15) is 5.82 Å². The third kappa shape index (κ3) is 4.80. The van der Waals surface area contributed by atoms with Crippen molar-refractivity contribution >= 4 is 11.7 Å². The van der Waals surface area contributed by atoms with Gasteiger partial charge in [-0.25, -0.2) is 4.98 Å². The van der Waals surface area contributed by atoms with Crippen molar-refractivity contribution in [2.24, 2.45) is 0 Å². The average molecular weight is 236 g/mol. The number of nitrogens with one attached hydrogen (secondary N) is 2. The van der Waals surface area contributed by atoms with E-state index >= 15 is 0 Å². The number of amides is 1. The SMILES string of the molecule is CCCNC(=O)CCNc1nc(C)cnc1C. The van der Waals surface area contributed by atoms with E-state index in [9.17, 15) is 4.79 Å². The van der Waals surface area contributed by atoms with Gasteiger partial charge in [-0.3, -0.25) is 9.78 Å². The second-order valence-corrected chi connectivity index (χ2v) is 3.97. The van der Waals surface area contributed by atoms with E-state index < -0.39 is 0 Å². The number of anilines is 1. The van der Waals surface area contributed by atoms with Crippen molar-refractivity contribution in [3.05, 3.63) is 17.6 Å². The maximum Gasteiger partial charge on any atom is 0.221 e. The Bertz CT molecular complexity index is 379. The Morgan fingerprint density at radius 3 is 2.82 bits per heavy atom. The third-order valence-corrected chi connectivity index (χ3v) is 2.29. The van der Waals surface area contributed by atoms with Gasteiger partial charge in [0.25, 0.3) is 0 Å². The molecule has 0 spiro atoms. The number of rotatable bonds is 6. The average Bonchev–Trinajstić information content (AvgIpc) is 2.31. The summed E-state index contributed by atoms with van der Waals surface area (Å²) in [6, 6.07) is 0. The maximum atomic E-state index is 11.4. The summed E-state index contributed by atoms with van der Waals surface area (Å²) in [4.78, 5) is 19.9. The Hall–Kier alpha value is -1.65. The van der Waals surface area contributed by atoms with Crippen LogP contribution in [0.15, 0.2) is 6.20 Å². The van der Waals surface area contributed by atoms with Crippen molar-refractivity contribution in [1.29, 1.82) is 0 Å². The highest BCUT2D eigenvalue weighted by atomic mass is 16.1. The number of carbonyl (C=O) groups is 1. The minimum atomic E-state index is 0.0672. The Morgan fingerprint density at radius 1 is 1.35 bits per heavy atom. The number of nitrogens with zero attached hydrogens (tertiary/aromatic N) is 2. The molecule has 17 heavy (non-hydrogen) atoms. The smallest absolute Gasteiger partial charge is 0.221 e. The molecule has 0 atom stereocenters. The largest absolute Gasteiger partial charge is 0.368 e. The molecule has 0 radical (unpaired) electrons. The van der Waals surface area contributed by atoms with Crippen LogP contribution in [0.4, 0.5) is 5.82 Å². The molecule has 1 rings (SSSR count). The summed E-state index contributed by atoms with van der Waals surface area (Å²) in [7, 11) is 0. The second-order valence-electron chi connectivity index (χ2n) is 3.97. The molecule has 0 unspecified atom stereocenters. The van der Waals surface area contributed by atoms with Crippen LogP contribution < -0.4 is 10.6 Å². The van der Waals surface area contributed by atoms with Crippen molar-refractivity contribution in [3.8, 4) is 0 Å². The highest BCUT2D eigenvalue weighted by molar-refractivity contribution is 5.76. The molecule has 1 aromatic rings. The molecule has 0 aliphatic heterocycles. The third-order valence-electron chi connectivity index (χ3n) is 2.29.